The lowest BCUT2D eigenvalue weighted by Crippen LogP contribution is -2.35. The fraction of sp³-hybridized carbons (Fsp3) is 0.176. The third kappa shape index (κ3) is 4.24. The molecule has 0 atom stereocenters. The third-order valence-corrected chi connectivity index (χ3v) is 3.88. The van der Waals surface area contributed by atoms with Crippen molar-refractivity contribution in [3.63, 3.8) is 0 Å². The molecule has 0 aliphatic heterocycles. The molecule has 0 radical (unpaired) electrons. The summed E-state index contributed by atoms with van der Waals surface area (Å²) in [6.45, 7) is 3.74. The van der Waals surface area contributed by atoms with Gasteiger partial charge in [-0.15, -0.1) is 0 Å². The Morgan fingerprint density at radius 2 is 1.83 bits per heavy atom. The molecule has 4 nitrogen and oxygen atoms in total. The Balaban J connectivity index is 2.16. The molecule has 23 heavy (non-hydrogen) atoms. The molecule has 0 fully saturated rings. The first-order valence-electron chi connectivity index (χ1n) is 7.08. The van der Waals surface area contributed by atoms with E-state index < -0.39 is 11.9 Å². The Morgan fingerprint density at radius 1 is 1.13 bits per heavy atom. The van der Waals surface area contributed by atoms with Crippen LogP contribution in [0.3, 0.4) is 0 Å². The average Bonchev–Trinajstić information content (AvgIpc) is 2.48. The summed E-state index contributed by atoms with van der Waals surface area (Å²) in [5.41, 5.74) is 2.48. The van der Waals surface area contributed by atoms with Crippen LogP contribution in [0, 0.1) is 6.92 Å². The number of hydrogen-bond acceptors (Lipinski definition) is 2. The molecule has 6 heteroatoms. The van der Waals surface area contributed by atoms with E-state index in [1.807, 2.05) is 26.0 Å². The summed E-state index contributed by atoms with van der Waals surface area (Å²) < 4.78 is 0. The van der Waals surface area contributed by atoms with Crippen molar-refractivity contribution in [1.82, 2.24) is 5.32 Å². The Kier molecular flexibility index (Phi) is 5.64. The quantitative estimate of drug-likeness (QED) is 0.832. The number of benzene rings is 2. The maximum Gasteiger partial charge on any atom is 0.326 e. The molecule has 0 spiro atoms. The topological polar surface area (TPSA) is 58.2 Å². The number of carbonyl (C=O) groups is 2. The first-order chi connectivity index (χ1) is 10.9. The molecular formula is C17H16Cl2N2O2. The van der Waals surface area contributed by atoms with Crippen molar-refractivity contribution >= 4 is 40.8 Å². The van der Waals surface area contributed by atoms with Gasteiger partial charge in [0, 0.05) is 10.7 Å². The molecule has 2 rings (SSSR count). The molecule has 0 aromatic heterocycles. The Bertz CT molecular complexity index is 760. The van der Waals surface area contributed by atoms with Crippen LogP contribution in [0.1, 0.15) is 28.4 Å². The van der Waals surface area contributed by atoms with E-state index in [-0.39, 0.29) is 10.6 Å². The Morgan fingerprint density at radius 3 is 2.48 bits per heavy atom. The first-order valence-corrected chi connectivity index (χ1v) is 7.83. The lowest BCUT2D eigenvalue weighted by atomic mass is 10.0. The van der Waals surface area contributed by atoms with Crippen LogP contribution in [0.15, 0.2) is 36.4 Å². The summed E-state index contributed by atoms with van der Waals surface area (Å²) in [6.07, 6.45) is 0.572. The highest BCUT2D eigenvalue weighted by atomic mass is 35.5. The van der Waals surface area contributed by atoms with Crippen molar-refractivity contribution in [2.75, 3.05) is 5.32 Å². The second-order valence-corrected chi connectivity index (χ2v) is 5.84. The largest absolute Gasteiger partial charge is 0.326 e. The minimum absolute atomic E-state index is 0.218. The van der Waals surface area contributed by atoms with Crippen molar-refractivity contribution in [3.05, 3.63) is 63.1 Å². The molecule has 0 aliphatic rings. The van der Waals surface area contributed by atoms with Crippen LogP contribution in [0.25, 0.3) is 0 Å². The van der Waals surface area contributed by atoms with Gasteiger partial charge in [0.2, 0.25) is 0 Å². The smallest absolute Gasteiger partial charge is 0.307 e. The number of urea groups is 1. The van der Waals surface area contributed by atoms with E-state index in [0.29, 0.717) is 22.7 Å². The molecule has 2 N–H and O–H groups in total. The van der Waals surface area contributed by atoms with Crippen molar-refractivity contribution in [3.8, 4) is 0 Å². The van der Waals surface area contributed by atoms with Crippen molar-refractivity contribution in [2.24, 2.45) is 0 Å². The summed E-state index contributed by atoms with van der Waals surface area (Å²) in [5, 5.41) is 5.60. The van der Waals surface area contributed by atoms with E-state index in [0.717, 1.165) is 5.56 Å². The standard InChI is InChI=1S/C17H16Cl2N2O2/c1-3-11-8-12(18)9-13(19)15(11)16(22)21-17(23)20-14-7-5-4-6-10(14)2/h4-9H,3H2,1-2H3,(H2,20,21,22,23). The van der Waals surface area contributed by atoms with Gasteiger partial charge in [-0.1, -0.05) is 48.3 Å². The van der Waals surface area contributed by atoms with Crippen LogP contribution in [-0.4, -0.2) is 11.9 Å². The summed E-state index contributed by atoms with van der Waals surface area (Å²) >= 11 is 12.0. The van der Waals surface area contributed by atoms with Crippen LogP contribution in [-0.2, 0) is 6.42 Å². The number of anilines is 1. The number of nitrogens with one attached hydrogen (secondary N) is 2. The Hall–Kier alpha value is -2.04. The molecule has 0 aliphatic carbocycles. The second-order valence-electron chi connectivity index (χ2n) is 5.00. The van der Waals surface area contributed by atoms with E-state index in [1.165, 1.54) is 6.07 Å². The monoisotopic (exact) mass is 350 g/mol. The van der Waals surface area contributed by atoms with E-state index in [1.54, 1.807) is 18.2 Å². The van der Waals surface area contributed by atoms with Gasteiger partial charge in [-0.25, -0.2) is 4.79 Å². The van der Waals surface area contributed by atoms with Gasteiger partial charge in [-0.05, 0) is 42.7 Å². The molecule has 0 saturated heterocycles. The van der Waals surface area contributed by atoms with Crippen LogP contribution in [0.2, 0.25) is 10.0 Å². The number of aryl methyl sites for hydroxylation is 2. The maximum atomic E-state index is 12.3. The number of carbonyl (C=O) groups excluding carboxylic acids is 2. The first kappa shape index (κ1) is 17.3. The van der Waals surface area contributed by atoms with Crippen LogP contribution >= 0.6 is 23.2 Å². The summed E-state index contributed by atoms with van der Waals surface area (Å²) in [7, 11) is 0. The summed E-state index contributed by atoms with van der Waals surface area (Å²) in [4.78, 5) is 24.4. The lowest BCUT2D eigenvalue weighted by Gasteiger charge is -2.12. The van der Waals surface area contributed by atoms with Gasteiger partial charge < -0.3 is 5.32 Å². The number of para-hydroxylation sites is 1. The molecular weight excluding hydrogens is 335 g/mol. The number of hydrogen-bond donors (Lipinski definition) is 2. The van der Waals surface area contributed by atoms with Crippen LogP contribution in [0.5, 0.6) is 0 Å². The van der Waals surface area contributed by atoms with Gasteiger partial charge >= 0.3 is 6.03 Å². The minimum atomic E-state index is -0.614. The van der Waals surface area contributed by atoms with E-state index in [2.05, 4.69) is 10.6 Å². The molecule has 3 amide bonds. The SMILES string of the molecule is CCc1cc(Cl)cc(Cl)c1C(=O)NC(=O)Nc1ccccc1C. The highest BCUT2D eigenvalue weighted by Crippen LogP contribution is 2.26. The van der Waals surface area contributed by atoms with Gasteiger partial charge in [0.25, 0.3) is 5.91 Å². The van der Waals surface area contributed by atoms with E-state index >= 15 is 0 Å². The van der Waals surface area contributed by atoms with Crippen molar-refractivity contribution < 1.29 is 9.59 Å². The van der Waals surface area contributed by atoms with Gasteiger partial charge in [0.15, 0.2) is 0 Å². The minimum Gasteiger partial charge on any atom is -0.307 e. The zero-order valence-electron chi connectivity index (χ0n) is 12.7. The number of amides is 3. The fourth-order valence-electron chi connectivity index (χ4n) is 2.19. The molecule has 2 aromatic carbocycles. The predicted molar refractivity (Wildman–Crippen MR) is 93.5 cm³/mol. The van der Waals surface area contributed by atoms with Gasteiger partial charge in [0.05, 0.1) is 10.6 Å². The molecule has 0 heterocycles. The lowest BCUT2D eigenvalue weighted by molar-refractivity contribution is 0.0966. The Labute approximate surface area is 144 Å². The molecule has 2 aromatic rings. The fourth-order valence-corrected chi connectivity index (χ4v) is 2.81. The van der Waals surface area contributed by atoms with Crippen molar-refractivity contribution in [1.29, 1.82) is 0 Å². The van der Waals surface area contributed by atoms with E-state index in [9.17, 15) is 9.59 Å². The van der Waals surface area contributed by atoms with Gasteiger partial charge in [-0.2, -0.15) is 0 Å². The molecule has 0 unspecified atom stereocenters. The predicted octanol–water partition coefficient (Wildman–Crippen LogP) is 4.83. The highest BCUT2D eigenvalue weighted by Gasteiger charge is 2.18. The molecule has 120 valence electrons. The number of halogens is 2. The number of imide groups is 1. The maximum absolute atomic E-state index is 12.3. The number of rotatable bonds is 3. The third-order valence-electron chi connectivity index (χ3n) is 3.36. The van der Waals surface area contributed by atoms with E-state index in [4.69, 9.17) is 23.2 Å². The van der Waals surface area contributed by atoms with Crippen LogP contribution < -0.4 is 10.6 Å². The zero-order valence-corrected chi connectivity index (χ0v) is 14.3. The van der Waals surface area contributed by atoms with Gasteiger partial charge in [-0.3, -0.25) is 10.1 Å². The zero-order chi connectivity index (χ0) is 17.0. The van der Waals surface area contributed by atoms with Gasteiger partial charge in [0.1, 0.15) is 0 Å². The molecule has 0 saturated carbocycles. The van der Waals surface area contributed by atoms with Crippen LogP contribution in [0.4, 0.5) is 10.5 Å². The highest BCUT2D eigenvalue weighted by molar-refractivity contribution is 6.37. The summed E-state index contributed by atoms with van der Waals surface area (Å²) in [5.74, 6) is -0.561. The normalized spacial score (nSPS) is 10.3. The van der Waals surface area contributed by atoms with Crippen molar-refractivity contribution in [2.45, 2.75) is 20.3 Å². The molecule has 0 bridgehead atoms. The average molecular weight is 351 g/mol. The summed E-state index contributed by atoms with van der Waals surface area (Å²) in [6, 6.07) is 9.82. The second kappa shape index (κ2) is 7.49.